The fourth-order valence-electron chi connectivity index (χ4n) is 5.35. The van der Waals surface area contributed by atoms with Crippen molar-refractivity contribution in [2.75, 3.05) is 18.0 Å². The van der Waals surface area contributed by atoms with Crippen LogP contribution in [0, 0.1) is 0 Å². The van der Waals surface area contributed by atoms with Gasteiger partial charge < -0.3 is 14.6 Å². The van der Waals surface area contributed by atoms with E-state index in [1.54, 1.807) is 6.20 Å². The first kappa shape index (κ1) is 22.5. The molecule has 0 aliphatic carbocycles. The molecule has 7 nitrogen and oxygen atoms in total. The molecule has 188 valence electrons. The van der Waals surface area contributed by atoms with E-state index in [0.717, 1.165) is 63.3 Å². The van der Waals surface area contributed by atoms with Crippen molar-refractivity contribution in [3.05, 3.63) is 91.0 Å². The molecule has 1 aliphatic heterocycles. The molecule has 0 amide bonds. The highest BCUT2D eigenvalue weighted by Crippen LogP contribution is 2.35. The number of ether oxygens (including phenoxy) is 1. The Morgan fingerprint density at radius 3 is 2.53 bits per heavy atom. The van der Waals surface area contributed by atoms with Gasteiger partial charge in [-0.15, -0.1) is 0 Å². The lowest BCUT2D eigenvalue weighted by Gasteiger charge is -2.28. The van der Waals surface area contributed by atoms with Gasteiger partial charge in [0.05, 0.1) is 41.0 Å². The van der Waals surface area contributed by atoms with Gasteiger partial charge in [-0.2, -0.15) is 5.10 Å². The first-order valence-corrected chi connectivity index (χ1v) is 13.1. The summed E-state index contributed by atoms with van der Waals surface area (Å²) in [6.45, 7) is 2.67. The van der Waals surface area contributed by atoms with E-state index in [9.17, 15) is 0 Å². The summed E-state index contributed by atoms with van der Waals surface area (Å²) in [7, 11) is 0. The average molecular weight is 501 g/mol. The number of aromatic amines is 2. The van der Waals surface area contributed by atoms with Gasteiger partial charge in [-0.3, -0.25) is 15.1 Å². The van der Waals surface area contributed by atoms with Gasteiger partial charge in [0, 0.05) is 35.6 Å². The van der Waals surface area contributed by atoms with Crippen LogP contribution in [0.4, 0.5) is 5.69 Å². The maximum Gasteiger partial charge on any atom is 0.138 e. The molecule has 1 fully saturated rings. The molecule has 5 heterocycles. The van der Waals surface area contributed by atoms with Gasteiger partial charge in [0.25, 0.3) is 0 Å². The molecule has 2 aromatic carbocycles. The molecule has 1 aliphatic rings. The highest BCUT2D eigenvalue weighted by molar-refractivity contribution is 6.00. The summed E-state index contributed by atoms with van der Waals surface area (Å²) in [6, 6.07) is 20.7. The Bertz CT molecular complexity index is 1720. The fraction of sp³-hybridized carbons (Fsp3) is 0.194. The van der Waals surface area contributed by atoms with Crippen LogP contribution in [0.5, 0.6) is 5.75 Å². The number of anilines is 1. The molecule has 6 aromatic rings. The van der Waals surface area contributed by atoms with Crippen LogP contribution in [0.3, 0.4) is 0 Å². The number of hydrogen-bond acceptors (Lipinski definition) is 5. The predicted molar refractivity (Wildman–Crippen MR) is 151 cm³/mol. The van der Waals surface area contributed by atoms with E-state index in [1.807, 2.05) is 42.9 Å². The number of pyridine rings is 2. The number of H-pyrrole nitrogens is 2. The molecule has 0 spiro atoms. The van der Waals surface area contributed by atoms with Crippen LogP contribution < -0.4 is 9.64 Å². The summed E-state index contributed by atoms with van der Waals surface area (Å²) < 4.78 is 6.02. The molecule has 4 aromatic heterocycles. The van der Waals surface area contributed by atoms with Gasteiger partial charge in [-0.1, -0.05) is 36.4 Å². The molecule has 0 bridgehead atoms. The Labute approximate surface area is 220 Å². The zero-order valence-electron chi connectivity index (χ0n) is 21.0. The number of nitrogens with one attached hydrogen (secondary N) is 2. The van der Waals surface area contributed by atoms with E-state index in [-0.39, 0.29) is 0 Å². The summed E-state index contributed by atoms with van der Waals surface area (Å²) in [5, 5.41) is 10.1. The number of rotatable bonds is 6. The summed E-state index contributed by atoms with van der Waals surface area (Å²) >= 11 is 0. The van der Waals surface area contributed by atoms with Crippen LogP contribution in [-0.4, -0.2) is 38.2 Å². The van der Waals surface area contributed by atoms with Gasteiger partial charge in [0.1, 0.15) is 18.1 Å². The minimum atomic E-state index is 0.506. The monoisotopic (exact) mass is 500 g/mol. The number of nitrogens with zero attached hydrogens (tertiary/aromatic N) is 4. The van der Waals surface area contributed by atoms with E-state index in [1.165, 1.54) is 30.3 Å². The van der Waals surface area contributed by atoms with Crippen molar-refractivity contribution in [2.24, 2.45) is 0 Å². The van der Waals surface area contributed by atoms with Gasteiger partial charge >= 0.3 is 0 Å². The normalized spacial score (nSPS) is 13.8. The molecular formula is C31H28N6O. The number of fused-ring (bicyclic) bond motifs is 2. The smallest absolute Gasteiger partial charge is 0.138 e. The number of hydrogen-bond donors (Lipinski definition) is 2. The third kappa shape index (κ3) is 4.26. The minimum absolute atomic E-state index is 0.506. The highest BCUT2D eigenvalue weighted by atomic mass is 16.5. The first-order valence-electron chi connectivity index (χ1n) is 13.1. The van der Waals surface area contributed by atoms with Crippen molar-refractivity contribution in [1.82, 2.24) is 25.1 Å². The molecule has 0 unspecified atom stereocenters. The van der Waals surface area contributed by atoms with Crippen molar-refractivity contribution < 1.29 is 4.74 Å². The second-order valence-corrected chi connectivity index (χ2v) is 9.87. The van der Waals surface area contributed by atoms with Crippen molar-refractivity contribution in [1.29, 1.82) is 0 Å². The molecular weight excluding hydrogens is 472 g/mol. The third-order valence-electron chi connectivity index (χ3n) is 7.33. The van der Waals surface area contributed by atoms with Gasteiger partial charge in [0.2, 0.25) is 0 Å². The summed E-state index contributed by atoms with van der Waals surface area (Å²) in [5.74, 6) is 0.743. The molecule has 0 radical (unpaired) electrons. The third-order valence-corrected chi connectivity index (χ3v) is 7.33. The number of aromatic nitrogens is 5. The van der Waals surface area contributed by atoms with Crippen molar-refractivity contribution in [3.8, 4) is 28.3 Å². The van der Waals surface area contributed by atoms with Crippen molar-refractivity contribution in [3.63, 3.8) is 0 Å². The Hall–Kier alpha value is -4.65. The zero-order chi connectivity index (χ0) is 25.3. The van der Waals surface area contributed by atoms with E-state index in [0.29, 0.717) is 6.61 Å². The van der Waals surface area contributed by atoms with Crippen molar-refractivity contribution in [2.45, 2.75) is 25.9 Å². The quantitative estimate of drug-likeness (QED) is 0.265. The standard InChI is InChI=1S/C31H28N6O/c1-3-7-21(8-4-1)20-38-24-13-23(16-32-17-24)22-9-10-27-26(14-22)31(36-35-27)28-15-25-29(34-28)18-33-19-30(25)37-11-5-2-6-12-37/h1,3-4,7-10,13-19,34H,2,5-6,11-12,20H2,(H,35,36). The first-order chi connectivity index (χ1) is 18.8. The van der Waals surface area contributed by atoms with E-state index in [4.69, 9.17) is 4.74 Å². The summed E-state index contributed by atoms with van der Waals surface area (Å²) in [5.41, 5.74) is 8.27. The maximum atomic E-state index is 6.02. The largest absolute Gasteiger partial charge is 0.487 e. The molecule has 7 heteroatoms. The Morgan fingerprint density at radius 2 is 1.63 bits per heavy atom. The molecule has 38 heavy (non-hydrogen) atoms. The fourth-order valence-corrected chi connectivity index (χ4v) is 5.35. The Morgan fingerprint density at radius 1 is 0.763 bits per heavy atom. The lowest BCUT2D eigenvalue weighted by Crippen LogP contribution is -2.29. The van der Waals surface area contributed by atoms with Gasteiger partial charge in [-0.05, 0) is 54.7 Å². The Kier molecular flexibility index (Phi) is 5.73. The highest BCUT2D eigenvalue weighted by Gasteiger charge is 2.18. The van der Waals surface area contributed by atoms with Crippen LogP contribution >= 0.6 is 0 Å². The summed E-state index contributed by atoms with van der Waals surface area (Å²) in [4.78, 5) is 15.0. The Balaban J connectivity index is 1.22. The van der Waals surface area contributed by atoms with E-state index >= 15 is 0 Å². The summed E-state index contributed by atoms with van der Waals surface area (Å²) in [6.07, 6.45) is 11.3. The lowest BCUT2D eigenvalue weighted by molar-refractivity contribution is 0.305. The molecule has 0 saturated carbocycles. The maximum absolute atomic E-state index is 6.02. The minimum Gasteiger partial charge on any atom is -0.487 e. The van der Waals surface area contributed by atoms with Crippen LogP contribution in [0.2, 0.25) is 0 Å². The molecule has 1 saturated heterocycles. The van der Waals surface area contributed by atoms with Crippen LogP contribution in [0.25, 0.3) is 44.3 Å². The average Bonchev–Trinajstić information content (AvgIpc) is 3.61. The molecule has 2 N–H and O–H groups in total. The van der Waals surface area contributed by atoms with E-state index in [2.05, 4.69) is 66.4 Å². The second kappa shape index (κ2) is 9.67. The number of piperidine rings is 1. The van der Waals surface area contributed by atoms with Crippen molar-refractivity contribution >= 4 is 27.5 Å². The molecule has 7 rings (SSSR count). The SMILES string of the molecule is c1ccc(COc2cncc(-c3ccc4[nH]nc(-c5cc6c(N7CCCCC7)cncc6[nH]5)c4c3)c2)cc1. The zero-order valence-corrected chi connectivity index (χ0v) is 21.0. The van der Waals surface area contributed by atoms with Crippen LogP contribution in [0.1, 0.15) is 24.8 Å². The van der Waals surface area contributed by atoms with Crippen LogP contribution in [0.15, 0.2) is 85.5 Å². The second-order valence-electron chi connectivity index (χ2n) is 9.87. The topological polar surface area (TPSA) is 82.7 Å². The van der Waals surface area contributed by atoms with Crippen LogP contribution in [-0.2, 0) is 6.61 Å². The van der Waals surface area contributed by atoms with Gasteiger partial charge in [-0.25, -0.2) is 0 Å². The molecule has 0 atom stereocenters. The van der Waals surface area contributed by atoms with E-state index < -0.39 is 0 Å². The lowest BCUT2D eigenvalue weighted by atomic mass is 10.0. The predicted octanol–water partition coefficient (Wildman–Crippen LogP) is 6.74. The van der Waals surface area contributed by atoms with Gasteiger partial charge in [0.15, 0.2) is 0 Å². The number of benzene rings is 2.